The Morgan fingerprint density at radius 3 is 2.63 bits per heavy atom. The van der Waals surface area contributed by atoms with Crippen molar-refractivity contribution in [1.29, 1.82) is 0 Å². The smallest absolute Gasteiger partial charge is 0.303 e. The van der Waals surface area contributed by atoms with Gasteiger partial charge >= 0.3 is 5.97 Å². The van der Waals surface area contributed by atoms with E-state index in [1.165, 1.54) is 15.9 Å². The zero-order valence-corrected chi connectivity index (χ0v) is 11.7. The summed E-state index contributed by atoms with van der Waals surface area (Å²) >= 11 is 1.19. The lowest BCUT2D eigenvalue weighted by Gasteiger charge is -2.14. The van der Waals surface area contributed by atoms with Gasteiger partial charge < -0.3 is 5.11 Å². The highest BCUT2D eigenvalue weighted by atomic mass is 32.1. The van der Waals surface area contributed by atoms with Gasteiger partial charge in [0.2, 0.25) is 4.96 Å². The predicted molar refractivity (Wildman–Crippen MR) is 69.6 cm³/mol. The van der Waals surface area contributed by atoms with Crippen molar-refractivity contribution in [3.63, 3.8) is 0 Å². The van der Waals surface area contributed by atoms with E-state index in [0.29, 0.717) is 15.7 Å². The Hall–Kier alpha value is -1.83. The Kier molecular flexibility index (Phi) is 3.36. The van der Waals surface area contributed by atoms with Crippen molar-refractivity contribution in [2.75, 3.05) is 0 Å². The number of carbonyl (C=O) groups is 1. The molecule has 0 radical (unpaired) electrons. The summed E-state index contributed by atoms with van der Waals surface area (Å²) in [4.78, 5) is 23.1. The molecule has 7 nitrogen and oxygen atoms in total. The highest BCUT2D eigenvalue weighted by molar-refractivity contribution is 7.16. The minimum atomic E-state index is -0.895. The molecule has 1 N–H and O–H groups in total. The van der Waals surface area contributed by atoms with Crippen LogP contribution in [0.2, 0.25) is 0 Å². The third kappa shape index (κ3) is 2.78. The maximum absolute atomic E-state index is 12.2. The Bertz CT molecular complexity index is 683. The molecule has 0 atom stereocenters. The van der Waals surface area contributed by atoms with E-state index in [2.05, 4.69) is 15.3 Å². The van der Waals surface area contributed by atoms with Gasteiger partial charge in [0.1, 0.15) is 10.7 Å². The number of rotatable bonds is 3. The summed E-state index contributed by atoms with van der Waals surface area (Å²) in [5.41, 5.74) is -0.355. The van der Waals surface area contributed by atoms with E-state index in [0.717, 1.165) is 0 Å². The number of fused-ring (bicyclic) bond motifs is 1. The van der Waals surface area contributed by atoms with E-state index < -0.39 is 11.4 Å². The van der Waals surface area contributed by atoms with Crippen LogP contribution in [0.5, 0.6) is 0 Å². The number of aliphatic carboxylic acids is 1. The molecule has 8 heteroatoms. The largest absolute Gasteiger partial charge is 0.481 e. The summed E-state index contributed by atoms with van der Waals surface area (Å²) in [6, 6.07) is 0. The monoisotopic (exact) mass is 282 g/mol. The number of hydrogen-bond acceptors (Lipinski definition) is 6. The number of carboxylic acid groups (broad SMARTS) is 1. The Morgan fingerprint density at radius 1 is 1.37 bits per heavy atom. The van der Waals surface area contributed by atoms with Crippen molar-refractivity contribution in [3.05, 3.63) is 21.1 Å². The molecule has 0 saturated carbocycles. The molecular weight excluding hydrogens is 268 g/mol. The van der Waals surface area contributed by atoms with Gasteiger partial charge in [0.05, 0.1) is 6.42 Å². The lowest BCUT2D eigenvalue weighted by molar-refractivity contribution is -0.136. The van der Waals surface area contributed by atoms with Gasteiger partial charge in [-0.25, -0.2) is 0 Å². The summed E-state index contributed by atoms with van der Waals surface area (Å²) in [5, 5.41) is 21.3. The summed E-state index contributed by atoms with van der Waals surface area (Å²) in [6.45, 7) is 5.63. The molecule has 0 aliphatic rings. The SMILES string of the molecule is CC(C)(C)c1nnc2sc(CCC(=O)O)nn2c1=O. The maximum atomic E-state index is 12.2. The lowest BCUT2D eigenvalue weighted by Crippen LogP contribution is -2.30. The van der Waals surface area contributed by atoms with Crippen molar-refractivity contribution >= 4 is 22.3 Å². The summed E-state index contributed by atoms with van der Waals surface area (Å²) < 4.78 is 1.20. The van der Waals surface area contributed by atoms with Gasteiger partial charge in [0.25, 0.3) is 5.56 Å². The minimum absolute atomic E-state index is 0.0197. The highest BCUT2D eigenvalue weighted by Gasteiger charge is 2.23. The topological polar surface area (TPSA) is 97.4 Å². The van der Waals surface area contributed by atoms with Gasteiger partial charge in [-0.05, 0) is 0 Å². The first-order valence-corrected chi connectivity index (χ1v) is 6.58. The van der Waals surface area contributed by atoms with Crippen LogP contribution in [0.25, 0.3) is 4.96 Å². The molecule has 102 valence electrons. The van der Waals surface area contributed by atoms with Crippen LogP contribution in [0.3, 0.4) is 0 Å². The average Bonchev–Trinajstić information content (AvgIpc) is 2.69. The molecular formula is C11H14N4O3S. The second kappa shape index (κ2) is 4.69. The number of aromatic nitrogens is 4. The van der Waals surface area contributed by atoms with Crippen molar-refractivity contribution in [2.45, 2.75) is 39.0 Å². The van der Waals surface area contributed by atoms with E-state index in [1.54, 1.807) is 0 Å². The van der Waals surface area contributed by atoms with E-state index in [-0.39, 0.29) is 18.4 Å². The lowest BCUT2D eigenvalue weighted by atomic mass is 9.93. The van der Waals surface area contributed by atoms with Gasteiger partial charge in [-0.1, -0.05) is 32.1 Å². The molecule has 2 rings (SSSR count). The van der Waals surface area contributed by atoms with Crippen LogP contribution in [-0.4, -0.2) is 30.9 Å². The third-order valence-corrected chi connectivity index (χ3v) is 3.45. The molecule has 0 aliphatic carbocycles. The van der Waals surface area contributed by atoms with Gasteiger partial charge in [-0.15, -0.1) is 10.2 Å². The van der Waals surface area contributed by atoms with Crippen LogP contribution >= 0.6 is 11.3 Å². The quantitative estimate of drug-likeness (QED) is 0.896. The zero-order chi connectivity index (χ0) is 14.2. The molecule has 0 bridgehead atoms. The number of aryl methyl sites for hydroxylation is 1. The summed E-state index contributed by atoms with van der Waals surface area (Å²) in [5.74, 6) is -0.895. The van der Waals surface area contributed by atoms with Crippen LogP contribution in [-0.2, 0) is 16.6 Å². The first kappa shape index (κ1) is 13.6. The molecule has 0 fully saturated rings. The predicted octanol–water partition coefficient (Wildman–Crippen LogP) is 0.861. The van der Waals surface area contributed by atoms with Crippen LogP contribution in [0.15, 0.2) is 4.79 Å². The zero-order valence-electron chi connectivity index (χ0n) is 10.9. The Balaban J connectivity index is 2.46. The van der Waals surface area contributed by atoms with Gasteiger partial charge in [-0.2, -0.15) is 9.61 Å². The van der Waals surface area contributed by atoms with E-state index in [1.807, 2.05) is 20.8 Å². The van der Waals surface area contributed by atoms with Crippen molar-refractivity contribution in [2.24, 2.45) is 0 Å². The van der Waals surface area contributed by atoms with Crippen molar-refractivity contribution < 1.29 is 9.90 Å². The highest BCUT2D eigenvalue weighted by Crippen LogP contribution is 2.17. The molecule has 0 aliphatic heterocycles. The Morgan fingerprint density at radius 2 is 2.05 bits per heavy atom. The van der Waals surface area contributed by atoms with Gasteiger partial charge in [-0.3, -0.25) is 9.59 Å². The van der Waals surface area contributed by atoms with Crippen LogP contribution in [0.1, 0.15) is 37.9 Å². The second-order valence-corrected chi connectivity index (χ2v) is 6.23. The Labute approximate surface area is 112 Å². The van der Waals surface area contributed by atoms with Crippen molar-refractivity contribution in [3.8, 4) is 0 Å². The van der Waals surface area contributed by atoms with Gasteiger partial charge in [0.15, 0.2) is 0 Å². The normalized spacial score (nSPS) is 11.9. The molecule has 0 spiro atoms. The average molecular weight is 282 g/mol. The molecule has 2 aromatic rings. The fourth-order valence-electron chi connectivity index (χ4n) is 1.54. The summed E-state index contributed by atoms with van der Waals surface area (Å²) in [6.07, 6.45) is 0.266. The number of carboxylic acids is 1. The molecule has 0 saturated heterocycles. The third-order valence-electron chi connectivity index (χ3n) is 2.50. The molecule has 2 heterocycles. The fraction of sp³-hybridized carbons (Fsp3) is 0.545. The first-order chi connectivity index (χ1) is 8.79. The summed E-state index contributed by atoms with van der Waals surface area (Å²) in [7, 11) is 0. The standard InChI is InChI=1S/C11H14N4O3S/c1-11(2,3)8-9(18)15-10(13-12-8)19-6(14-15)4-5-7(16)17/h4-5H2,1-3H3,(H,16,17). The molecule has 0 amide bonds. The van der Waals surface area contributed by atoms with Crippen LogP contribution < -0.4 is 5.56 Å². The number of hydrogen-bond donors (Lipinski definition) is 1. The van der Waals surface area contributed by atoms with Gasteiger partial charge in [0, 0.05) is 11.8 Å². The number of nitrogens with zero attached hydrogens (tertiary/aromatic N) is 4. The second-order valence-electron chi connectivity index (χ2n) is 5.19. The maximum Gasteiger partial charge on any atom is 0.303 e. The molecule has 19 heavy (non-hydrogen) atoms. The fourth-order valence-corrected chi connectivity index (χ4v) is 2.37. The molecule has 0 unspecified atom stereocenters. The van der Waals surface area contributed by atoms with Crippen LogP contribution in [0, 0.1) is 0 Å². The van der Waals surface area contributed by atoms with E-state index >= 15 is 0 Å². The molecule has 2 aromatic heterocycles. The van der Waals surface area contributed by atoms with Crippen molar-refractivity contribution in [1.82, 2.24) is 19.8 Å². The van der Waals surface area contributed by atoms with Crippen LogP contribution in [0.4, 0.5) is 0 Å². The first-order valence-electron chi connectivity index (χ1n) is 5.77. The minimum Gasteiger partial charge on any atom is -0.481 e. The van der Waals surface area contributed by atoms with E-state index in [4.69, 9.17) is 5.11 Å². The molecule has 0 aromatic carbocycles. The van der Waals surface area contributed by atoms with E-state index in [9.17, 15) is 9.59 Å².